The van der Waals surface area contributed by atoms with Gasteiger partial charge in [0.25, 0.3) is 0 Å². The number of benzene rings is 20. The summed E-state index contributed by atoms with van der Waals surface area (Å²) in [7, 11) is -1.46. The highest BCUT2D eigenvalue weighted by molar-refractivity contribution is 9.11. The van der Waals surface area contributed by atoms with Crippen LogP contribution in [0.5, 0.6) is 0 Å². The molecular formula is C96H61BBr2O2. The smallest absolute Gasteiger partial charge is 0.423 e. The molecule has 0 aliphatic rings. The maximum Gasteiger partial charge on any atom is 0.488 e. The Morgan fingerprint density at radius 1 is 0.168 bits per heavy atom. The van der Waals surface area contributed by atoms with E-state index in [1.54, 1.807) is 6.07 Å². The summed E-state index contributed by atoms with van der Waals surface area (Å²) in [4.78, 5) is 0. The van der Waals surface area contributed by atoms with E-state index in [1.807, 2.05) is 36.4 Å². The van der Waals surface area contributed by atoms with Gasteiger partial charge in [0.2, 0.25) is 0 Å². The minimum Gasteiger partial charge on any atom is -0.423 e. The topological polar surface area (TPSA) is 40.5 Å². The Kier molecular flexibility index (Phi) is 15.9. The van der Waals surface area contributed by atoms with Crippen molar-refractivity contribution in [2.45, 2.75) is 0 Å². The monoisotopic (exact) mass is 1410 g/mol. The Hall–Kier alpha value is -11.5. The molecule has 0 spiro atoms. The van der Waals surface area contributed by atoms with Gasteiger partial charge < -0.3 is 10.0 Å². The average molecular weight is 1420 g/mol. The molecule has 0 aliphatic heterocycles. The molecule has 0 bridgehead atoms. The largest absolute Gasteiger partial charge is 0.488 e. The fraction of sp³-hybridized carbons (Fsp3) is 0. The van der Waals surface area contributed by atoms with Crippen molar-refractivity contribution in [1.82, 2.24) is 0 Å². The lowest BCUT2D eigenvalue weighted by Crippen LogP contribution is -2.29. The zero-order valence-corrected chi connectivity index (χ0v) is 58.0. The van der Waals surface area contributed by atoms with E-state index in [0.717, 1.165) is 25.5 Å². The van der Waals surface area contributed by atoms with Crippen LogP contribution in [-0.2, 0) is 0 Å². The van der Waals surface area contributed by atoms with Gasteiger partial charge in [-0.3, -0.25) is 0 Å². The fourth-order valence-corrected chi connectivity index (χ4v) is 16.9. The molecule has 0 amide bonds. The molecule has 0 fully saturated rings. The zero-order valence-electron chi connectivity index (χ0n) is 54.8. The molecule has 2 nitrogen and oxygen atoms in total. The van der Waals surface area contributed by atoms with Gasteiger partial charge >= 0.3 is 7.12 Å². The molecule has 0 aliphatic carbocycles. The summed E-state index contributed by atoms with van der Waals surface area (Å²) in [6.45, 7) is 0. The van der Waals surface area contributed by atoms with Crippen LogP contribution in [0.1, 0.15) is 0 Å². The van der Waals surface area contributed by atoms with Gasteiger partial charge in [-0.25, -0.2) is 0 Å². The van der Waals surface area contributed by atoms with Crippen LogP contribution in [-0.4, -0.2) is 17.2 Å². The van der Waals surface area contributed by atoms with E-state index >= 15 is 0 Å². The van der Waals surface area contributed by atoms with Crippen molar-refractivity contribution in [1.29, 1.82) is 0 Å². The van der Waals surface area contributed by atoms with Crippen LogP contribution in [0.4, 0.5) is 0 Å². The maximum absolute atomic E-state index is 9.44. The summed E-state index contributed by atoms with van der Waals surface area (Å²) in [5, 5.41) is 49.1. The van der Waals surface area contributed by atoms with Crippen LogP contribution in [0.15, 0.2) is 367 Å². The van der Waals surface area contributed by atoms with Crippen molar-refractivity contribution in [3.05, 3.63) is 367 Å². The number of hydrogen-bond acceptors (Lipinski definition) is 2. The average Bonchev–Trinajstić information content (AvgIpc) is 0.736. The van der Waals surface area contributed by atoms with Crippen molar-refractivity contribution in [2.24, 2.45) is 0 Å². The minimum absolute atomic E-state index is 0.500. The maximum atomic E-state index is 9.44. The number of hydrogen-bond donors (Lipinski definition) is 2. The molecule has 0 heterocycles. The summed E-state index contributed by atoms with van der Waals surface area (Å²) in [6.07, 6.45) is 0. The first kappa shape index (κ1) is 61.8. The third kappa shape index (κ3) is 11.1. The van der Waals surface area contributed by atoms with Crippen LogP contribution >= 0.6 is 31.9 Å². The van der Waals surface area contributed by atoms with E-state index in [9.17, 15) is 10.0 Å². The van der Waals surface area contributed by atoms with E-state index in [2.05, 4.69) is 347 Å². The van der Waals surface area contributed by atoms with Gasteiger partial charge in [-0.1, -0.05) is 335 Å². The molecule has 0 unspecified atom stereocenters. The molecule has 474 valence electrons. The standard InChI is InChI=1S/C58H36.C20H15BO2.C18H10Br2/c1-3-21-43-41(15-1)33-53(47-25-7-5-23-45(43)47)37-17-13-19-39(31-37)55-35-57-52-30-12-10-28-50(52)56(36-58(57)51-29-11-9-27-49(51)55)40-20-14-18-38(32-40)54-34-42-16-2-4-22-44(42)46-24-6-8-26-48(46)54;22-21(23)16-8-5-7-14(12-16)20-13-15-6-1-2-9-17(15)18-10-3-4-11-19(18)20;19-17-10-16-12-6-2-4-8-14(12)18(20)9-15(16)11-5-1-3-7-13(11)17/h1-36H;1-13,22-23H;1-10H. The third-order valence-corrected chi connectivity index (χ3v) is 21.7. The Morgan fingerprint density at radius 2 is 0.386 bits per heavy atom. The van der Waals surface area contributed by atoms with E-state index in [4.69, 9.17) is 0 Å². The molecule has 0 radical (unpaired) electrons. The zero-order chi connectivity index (χ0) is 67.7. The van der Waals surface area contributed by atoms with Crippen molar-refractivity contribution in [3.63, 3.8) is 0 Å². The van der Waals surface area contributed by atoms with Gasteiger partial charge in [0, 0.05) is 8.95 Å². The molecule has 2 N–H and O–H groups in total. The molecule has 101 heavy (non-hydrogen) atoms. The molecular weight excluding hydrogens is 1360 g/mol. The van der Waals surface area contributed by atoms with E-state index < -0.39 is 7.12 Å². The minimum atomic E-state index is -1.46. The van der Waals surface area contributed by atoms with Crippen LogP contribution in [0.25, 0.3) is 185 Å². The predicted molar refractivity (Wildman–Crippen MR) is 442 cm³/mol. The first-order valence-corrected chi connectivity index (χ1v) is 35.8. The van der Waals surface area contributed by atoms with Crippen LogP contribution in [0.3, 0.4) is 0 Å². The summed E-state index contributed by atoms with van der Waals surface area (Å²) in [5.74, 6) is 0. The molecule has 0 saturated heterocycles. The SMILES string of the molecule is Brc1cc2c3ccccc3c(Br)cc2c2ccccc12.OB(O)c1cccc(-c2cc3ccccc3c3ccccc23)c1.c1cc(-c2cc3ccccc3c3ccccc23)cc(-c2cc3c4ccccc4c(-c4cccc(-c5cc6ccccc6c6ccccc56)c4)cc3c3ccccc23)c1. The van der Waals surface area contributed by atoms with Crippen molar-refractivity contribution in [2.75, 3.05) is 0 Å². The highest BCUT2D eigenvalue weighted by atomic mass is 79.9. The first-order valence-electron chi connectivity index (χ1n) is 34.2. The highest BCUT2D eigenvalue weighted by Crippen LogP contribution is 2.46. The lowest BCUT2D eigenvalue weighted by molar-refractivity contribution is 0.426. The predicted octanol–water partition coefficient (Wildman–Crippen LogP) is 26.4. The lowest BCUT2D eigenvalue weighted by Gasteiger charge is -2.17. The second kappa shape index (κ2) is 26.0. The molecule has 0 saturated carbocycles. The van der Waals surface area contributed by atoms with Crippen molar-refractivity contribution < 1.29 is 10.0 Å². The normalized spacial score (nSPS) is 11.6. The van der Waals surface area contributed by atoms with E-state index in [-0.39, 0.29) is 0 Å². The number of halogens is 2. The Morgan fingerprint density at radius 3 is 0.693 bits per heavy atom. The highest BCUT2D eigenvalue weighted by Gasteiger charge is 2.19. The van der Waals surface area contributed by atoms with Crippen molar-refractivity contribution >= 4 is 174 Å². The number of fused-ring (bicyclic) bond motifs is 19. The summed E-state index contributed by atoms with van der Waals surface area (Å²) in [6, 6.07) is 129. The lowest BCUT2D eigenvalue weighted by atomic mass is 9.78. The molecule has 5 heteroatoms. The van der Waals surface area contributed by atoms with Gasteiger partial charge in [0.15, 0.2) is 0 Å². The van der Waals surface area contributed by atoms with Gasteiger partial charge in [-0.2, -0.15) is 0 Å². The van der Waals surface area contributed by atoms with Gasteiger partial charge in [0.1, 0.15) is 0 Å². The quantitative estimate of drug-likeness (QED) is 0.129. The summed E-state index contributed by atoms with van der Waals surface area (Å²) >= 11 is 7.42. The Bertz CT molecular complexity index is 6410. The van der Waals surface area contributed by atoms with Crippen LogP contribution < -0.4 is 5.46 Å². The van der Waals surface area contributed by atoms with Gasteiger partial charge in [0.05, 0.1) is 0 Å². The third-order valence-electron chi connectivity index (χ3n) is 20.4. The molecule has 20 aromatic carbocycles. The van der Waals surface area contributed by atoms with E-state index in [0.29, 0.717) is 5.46 Å². The Balaban J connectivity index is 0.000000138. The first-order chi connectivity index (χ1) is 49.8. The fourth-order valence-electron chi connectivity index (χ4n) is 15.7. The molecule has 20 rings (SSSR count). The van der Waals surface area contributed by atoms with Crippen LogP contribution in [0.2, 0.25) is 0 Å². The van der Waals surface area contributed by atoms with Crippen molar-refractivity contribution in [3.8, 4) is 55.6 Å². The molecule has 0 aromatic heterocycles. The second-order valence-corrected chi connectivity index (χ2v) is 27.9. The Labute approximate surface area is 601 Å². The second-order valence-electron chi connectivity index (χ2n) is 26.2. The summed E-state index contributed by atoms with van der Waals surface area (Å²) in [5.41, 5.74) is 12.5. The molecule has 20 aromatic rings. The number of rotatable bonds is 6. The van der Waals surface area contributed by atoms with Crippen LogP contribution in [0, 0.1) is 0 Å². The molecule has 0 atom stereocenters. The van der Waals surface area contributed by atoms with Gasteiger partial charge in [-0.05, 0) is 245 Å². The van der Waals surface area contributed by atoms with Gasteiger partial charge in [-0.15, -0.1) is 0 Å². The van der Waals surface area contributed by atoms with E-state index in [1.165, 1.54) is 168 Å². The summed E-state index contributed by atoms with van der Waals surface area (Å²) < 4.78 is 2.29.